The molecule has 0 aliphatic carbocycles. The number of aromatic carboxylic acids is 1. The van der Waals surface area contributed by atoms with Gasteiger partial charge in [0, 0.05) is 31.1 Å². The van der Waals surface area contributed by atoms with Gasteiger partial charge < -0.3 is 10.4 Å². The average Bonchev–Trinajstić information content (AvgIpc) is 3.11. The Morgan fingerprint density at radius 2 is 2.15 bits per heavy atom. The number of rotatable bonds is 7. The summed E-state index contributed by atoms with van der Waals surface area (Å²) in [6.45, 7) is 2.65. The van der Waals surface area contributed by atoms with Crippen molar-refractivity contribution in [3.05, 3.63) is 71.8 Å². The highest BCUT2D eigenvalue weighted by atomic mass is 19.1. The molecule has 2 aromatic carbocycles. The predicted molar refractivity (Wildman–Crippen MR) is 103 cm³/mol. The number of aromatic nitrogens is 2. The monoisotopic (exact) mass is 366 g/mol. The van der Waals surface area contributed by atoms with Crippen LogP contribution in [0.4, 0.5) is 15.8 Å². The van der Waals surface area contributed by atoms with Crippen molar-refractivity contribution in [1.29, 1.82) is 0 Å². The minimum Gasteiger partial charge on any atom is -0.478 e. The molecule has 3 rings (SSSR count). The molecule has 0 aliphatic heterocycles. The van der Waals surface area contributed by atoms with Gasteiger partial charge in [-0.3, -0.25) is 4.99 Å². The van der Waals surface area contributed by atoms with Crippen molar-refractivity contribution in [2.24, 2.45) is 4.99 Å². The molecule has 7 heteroatoms. The Bertz CT molecular complexity index is 982. The zero-order chi connectivity index (χ0) is 19.2. The van der Waals surface area contributed by atoms with Crippen molar-refractivity contribution in [2.75, 3.05) is 11.9 Å². The van der Waals surface area contributed by atoms with Gasteiger partial charge in [-0.05, 0) is 49.4 Å². The number of hydrogen-bond acceptors (Lipinski definition) is 4. The highest BCUT2D eigenvalue weighted by Crippen LogP contribution is 2.26. The highest BCUT2D eigenvalue weighted by Gasteiger charge is 2.08. The van der Waals surface area contributed by atoms with Gasteiger partial charge in [0.05, 0.1) is 22.6 Å². The van der Waals surface area contributed by atoms with Crippen LogP contribution < -0.4 is 5.32 Å². The number of nitrogens with one attached hydrogen (secondary N) is 1. The number of aliphatic imine (C=N–C) groups is 1. The van der Waals surface area contributed by atoms with Crippen molar-refractivity contribution in [2.45, 2.75) is 13.3 Å². The topological polar surface area (TPSA) is 79.5 Å². The second-order valence-electron chi connectivity index (χ2n) is 5.80. The van der Waals surface area contributed by atoms with Gasteiger partial charge in [-0.1, -0.05) is 6.07 Å². The van der Waals surface area contributed by atoms with Crippen molar-refractivity contribution >= 4 is 23.6 Å². The molecule has 1 heterocycles. The smallest absolute Gasteiger partial charge is 0.335 e. The number of carboxylic acid groups (broad SMARTS) is 1. The third kappa shape index (κ3) is 4.38. The van der Waals surface area contributed by atoms with E-state index >= 15 is 0 Å². The number of anilines is 1. The highest BCUT2D eigenvalue weighted by molar-refractivity contribution is 5.90. The molecule has 1 aromatic heterocycles. The van der Waals surface area contributed by atoms with Gasteiger partial charge >= 0.3 is 5.97 Å². The van der Waals surface area contributed by atoms with Gasteiger partial charge in [-0.2, -0.15) is 5.10 Å². The van der Waals surface area contributed by atoms with Crippen LogP contribution in [0.5, 0.6) is 0 Å². The predicted octanol–water partition coefficient (Wildman–Crippen LogP) is 4.09. The molecule has 0 fully saturated rings. The zero-order valence-electron chi connectivity index (χ0n) is 14.8. The SMILES string of the molecule is CCNc1ccc(C(=O)O)cc1N=CCc1ccnn1-c1cccc(F)c1. The summed E-state index contributed by atoms with van der Waals surface area (Å²) in [7, 11) is 0. The molecule has 0 spiro atoms. The first-order valence-corrected chi connectivity index (χ1v) is 8.51. The summed E-state index contributed by atoms with van der Waals surface area (Å²) in [5.74, 6) is -1.33. The minimum absolute atomic E-state index is 0.175. The van der Waals surface area contributed by atoms with Gasteiger partial charge in [-0.25, -0.2) is 13.9 Å². The number of carbonyl (C=O) groups is 1. The number of hydrogen-bond donors (Lipinski definition) is 2. The molecule has 0 amide bonds. The molecule has 0 radical (unpaired) electrons. The van der Waals surface area contributed by atoms with E-state index in [1.165, 1.54) is 18.2 Å². The lowest BCUT2D eigenvalue weighted by Crippen LogP contribution is -2.03. The molecule has 0 unspecified atom stereocenters. The van der Waals surface area contributed by atoms with E-state index in [4.69, 9.17) is 0 Å². The number of nitrogens with zero attached hydrogens (tertiary/aromatic N) is 3. The van der Waals surface area contributed by atoms with Gasteiger partial charge in [0.2, 0.25) is 0 Å². The van der Waals surface area contributed by atoms with Crippen LogP contribution in [0.15, 0.2) is 59.7 Å². The van der Waals surface area contributed by atoms with Crippen LogP contribution in [0.2, 0.25) is 0 Å². The lowest BCUT2D eigenvalue weighted by molar-refractivity contribution is 0.0697. The standard InChI is InChI=1S/C20H19FN4O2/c1-2-22-18-7-6-14(20(26)27)12-19(18)23-10-8-16-9-11-24-25(16)17-5-3-4-15(21)13-17/h3-7,9-13,22H,2,8H2,1H3,(H,26,27). The first-order chi connectivity index (χ1) is 13.1. The summed E-state index contributed by atoms with van der Waals surface area (Å²) < 4.78 is 15.1. The van der Waals surface area contributed by atoms with E-state index in [-0.39, 0.29) is 11.4 Å². The lowest BCUT2D eigenvalue weighted by atomic mass is 10.1. The molecular formula is C20H19FN4O2. The van der Waals surface area contributed by atoms with Crippen LogP contribution in [0, 0.1) is 5.82 Å². The molecule has 27 heavy (non-hydrogen) atoms. The van der Waals surface area contributed by atoms with E-state index in [0.29, 0.717) is 24.3 Å². The number of halogens is 1. The zero-order valence-corrected chi connectivity index (χ0v) is 14.8. The third-order valence-corrected chi connectivity index (χ3v) is 3.92. The van der Waals surface area contributed by atoms with E-state index in [0.717, 1.165) is 11.4 Å². The van der Waals surface area contributed by atoms with Crippen molar-refractivity contribution in [3.63, 3.8) is 0 Å². The molecule has 138 valence electrons. The van der Waals surface area contributed by atoms with Crippen LogP contribution >= 0.6 is 0 Å². The van der Waals surface area contributed by atoms with Gasteiger partial charge in [-0.15, -0.1) is 0 Å². The van der Waals surface area contributed by atoms with Crippen LogP contribution in [-0.2, 0) is 6.42 Å². The summed E-state index contributed by atoms with van der Waals surface area (Å²) in [6, 6.07) is 12.8. The quantitative estimate of drug-likeness (QED) is 0.618. The Morgan fingerprint density at radius 3 is 2.89 bits per heavy atom. The molecular weight excluding hydrogens is 347 g/mol. The number of benzene rings is 2. The van der Waals surface area contributed by atoms with E-state index in [2.05, 4.69) is 15.4 Å². The Hall–Kier alpha value is -3.48. The van der Waals surface area contributed by atoms with Crippen molar-refractivity contribution in [1.82, 2.24) is 9.78 Å². The number of carboxylic acids is 1. The maximum atomic E-state index is 13.5. The lowest BCUT2D eigenvalue weighted by Gasteiger charge is -2.08. The normalized spacial score (nSPS) is 11.0. The Morgan fingerprint density at radius 1 is 1.30 bits per heavy atom. The molecule has 0 atom stereocenters. The summed E-state index contributed by atoms with van der Waals surface area (Å²) in [6.07, 6.45) is 3.79. The van der Waals surface area contributed by atoms with E-state index in [1.54, 1.807) is 41.4 Å². The Balaban J connectivity index is 1.83. The average molecular weight is 366 g/mol. The summed E-state index contributed by atoms with van der Waals surface area (Å²) in [5.41, 5.74) is 2.95. The van der Waals surface area contributed by atoms with Crippen molar-refractivity contribution < 1.29 is 14.3 Å². The van der Waals surface area contributed by atoms with E-state index < -0.39 is 5.97 Å². The first kappa shape index (κ1) is 18.3. The minimum atomic E-state index is -1.00. The van der Waals surface area contributed by atoms with E-state index in [1.807, 2.05) is 13.0 Å². The Labute approximate surface area is 156 Å². The molecule has 2 N–H and O–H groups in total. The molecule has 6 nitrogen and oxygen atoms in total. The second-order valence-corrected chi connectivity index (χ2v) is 5.80. The van der Waals surface area contributed by atoms with Gasteiger partial charge in [0.25, 0.3) is 0 Å². The fraction of sp³-hybridized carbons (Fsp3) is 0.150. The second kappa shape index (κ2) is 8.27. The summed E-state index contributed by atoms with van der Waals surface area (Å²) in [5, 5.41) is 16.6. The fourth-order valence-corrected chi connectivity index (χ4v) is 2.67. The van der Waals surface area contributed by atoms with Crippen LogP contribution in [0.1, 0.15) is 23.0 Å². The Kier molecular flexibility index (Phi) is 5.61. The molecule has 3 aromatic rings. The summed E-state index contributed by atoms with van der Waals surface area (Å²) in [4.78, 5) is 15.6. The van der Waals surface area contributed by atoms with E-state index in [9.17, 15) is 14.3 Å². The maximum absolute atomic E-state index is 13.5. The van der Waals surface area contributed by atoms with Crippen LogP contribution in [0.25, 0.3) is 5.69 Å². The molecule has 0 saturated heterocycles. The van der Waals surface area contributed by atoms with Gasteiger partial charge in [0.15, 0.2) is 0 Å². The first-order valence-electron chi connectivity index (χ1n) is 8.51. The molecule has 0 aliphatic rings. The molecule has 0 saturated carbocycles. The molecule has 0 bridgehead atoms. The van der Waals surface area contributed by atoms with Gasteiger partial charge in [0.1, 0.15) is 5.82 Å². The fourth-order valence-electron chi connectivity index (χ4n) is 2.67. The summed E-state index contributed by atoms with van der Waals surface area (Å²) >= 11 is 0. The van der Waals surface area contributed by atoms with Crippen LogP contribution in [0.3, 0.4) is 0 Å². The largest absolute Gasteiger partial charge is 0.478 e. The van der Waals surface area contributed by atoms with Crippen LogP contribution in [-0.4, -0.2) is 33.6 Å². The maximum Gasteiger partial charge on any atom is 0.335 e. The van der Waals surface area contributed by atoms with Crippen molar-refractivity contribution in [3.8, 4) is 5.69 Å². The third-order valence-electron chi connectivity index (χ3n) is 3.92.